The van der Waals surface area contributed by atoms with E-state index in [1.807, 2.05) is 12.1 Å². The molecular weight excluding hydrogens is 358 g/mol. The molecular formula is C22H27NO3S. The third-order valence-corrected chi connectivity index (χ3v) is 7.04. The number of sulfone groups is 1. The van der Waals surface area contributed by atoms with Crippen molar-refractivity contribution >= 4 is 9.84 Å². The summed E-state index contributed by atoms with van der Waals surface area (Å²) in [5.41, 5.74) is 3.88. The number of ether oxygens (including phenoxy) is 1. The van der Waals surface area contributed by atoms with Crippen molar-refractivity contribution in [1.82, 2.24) is 5.32 Å². The molecule has 144 valence electrons. The molecule has 3 unspecified atom stereocenters. The standard InChI is InChI=1S/C22H27NO3S/c1-15(17-6-10-22-19(13-17)11-12-26-22)23-20-7-3-18(14-20)16-4-8-21(9-5-16)27(2,24)25/h4-6,8-10,13,15,18,20,23H,3,7,11-12,14H2,1-2H3. The van der Waals surface area contributed by atoms with Gasteiger partial charge in [-0.05, 0) is 67.0 Å². The molecule has 5 heteroatoms. The zero-order valence-electron chi connectivity index (χ0n) is 15.9. The second kappa shape index (κ2) is 7.28. The van der Waals surface area contributed by atoms with E-state index >= 15 is 0 Å². The molecule has 4 nitrogen and oxygen atoms in total. The van der Waals surface area contributed by atoms with Gasteiger partial charge in [0, 0.05) is 24.8 Å². The predicted molar refractivity (Wildman–Crippen MR) is 107 cm³/mol. The van der Waals surface area contributed by atoms with Crippen LogP contribution >= 0.6 is 0 Å². The fraction of sp³-hybridized carbons (Fsp3) is 0.455. The molecule has 1 heterocycles. The SMILES string of the molecule is CC(NC1CCC(c2ccc(S(C)(=O)=O)cc2)C1)c1ccc2c(c1)CCO2. The van der Waals surface area contributed by atoms with Crippen LogP contribution in [-0.2, 0) is 16.3 Å². The maximum atomic E-state index is 11.6. The molecule has 0 spiro atoms. The Morgan fingerprint density at radius 2 is 1.89 bits per heavy atom. The molecule has 1 aliphatic carbocycles. The van der Waals surface area contributed by atoms with Gasteiger partial charge in [0.2, 0.25) is 0 Å². The summed E-state index contributed by atoms with van der Waals surface area (Å²) in [6.45, 7) is 3.02. The minimum Gasteiger partial charge on any atom is -0.493 e. The van der Waals surface area contributed by atoms with E-state index in [1.54, 1.807) is 12.1 Å². The summed E-state index contributed by atoms with van der Waals surface area (Å²) >= 11 is 0. The third kappa shape index (κ3) is 4.04. The zero-order chi connectivity index (χ0) is 19.0. The molecule has 0 saturated heterocycles. The monoisotopic (exact) mass is 385 g/mol. The first-order valence-corrected chi connectivity index (χ1v) is 11.6. The molecule has 27 heavy (non-hydrogen) atoms. The second-order valence-electron chi connectivity index (χ2n) is 7.90. The Bertz CT molecular complexity index is 921. The largest absolute Gasteiger partial charge is 0.493 e. The van der Waals surface area contributed by atoms with Crippen molar-refractivity contribution < 1.29 is 13.2 Å². The second-order valence-corrected chi connectivity index (χ2v) is 9.92. The molecule has 2 aromatic carbocycles. The first-order chi connectivity index (χ1) is 12.9. The van der Waals surface area contributed by atoms with Crippen molar-refractivity contribution in [2.45, 2.75) is 55.5 Å². The van der Waals surface area contributed by atoms with Gasteiger partial charge in [0.25, 0.3) is 0 Å². The highest BCUT2D eigenvalue weighted by Crippen LogP contribution is 2.36. The molecule has 0 aromatic heterocycles. The lowest BCUT2D eigenvalue weighted by Crippen LogP contribution is -2.29. The summed E-state index contributed by atoms with van der Waals surface area (Å²) in [7, 11) is -3.13. The van der Waals surface area contributed by atoms with Crippen molar-refractivity contribution in [2.24, 2.45) is 0 Å². The molecule has 4 rings (SSSR count). The number of rotatable bonds is 5. The molecule has 0 amide bonds. The lowest BCUT2D eigenvalue weighted by Gasteiger charge is -2.21. The Hall–Kier alpha value is -1.85. The van der Waals surface area contributed by atoms with Crippen LogP contribution in [0.2, 0.25) is 0 Å². The van der Waals surface area contributed by atoms with Gasteiger partial charge in [-0.15, -0.1) is 0 Å². The molecule has 1 fully saturated rings. The van der Waals surface area contributed by atoms with E-state index in [-0.39, 0.29) is 0 Å². The summed E-state index contributed by atoms with van der Waals surface area (Å²) in [5, 5.41) is 3.78. The van der Waals surface area contributed by atoms with E-state index in [1.165, 1.54) is 22.9 Å². The minimum absolute atomic E-state index is 0.312. The normalized spacial score (nSPS) is 23.0. The topological polar surface area (TPSA) is 55.4 Å². The molecule has 0 bridgehead atoms. The number of hydrogen-bond donors (Lipinski definition) is 1. The van der Waals surface area contributed by atoms with Crippen molar-refractivity contribution in [3.05, 3.63) is 59.2 Å². The first-order valence-electron chi connectivity index (χ1n) is 9.72. The Kier molecular flexibility index (Phi) is 4.99. The lowest BCUT2D eigenvalue weighted by atomic mass is 9.97. The summed E-state index contributed by atoms with van der Waals surface area (Å²) in [5.74, 6) is 1.53. The maximum absolute atomic E-state index is 11.6. The van der Waals surface area contributed by atoms with Crippen molar-refractivity contribution in [3.8, 4) is 5.75 Å². The van der Waals surface area contributed by atoms with Crippen LogP contribution in [0.3, 0.4) is 0 Å². The Morgan fingerprint density at radius 3 is 2.63 bits per heavy atom. The van der Waals surface area contributed by atoms with Gasteiger partial charge in [0.15, 0.2) is 9.84 Å². The Balaban J connectivity index is 1.38. The average molecular weight is 386 g/mol. The van der Waals surface area contributed by atoms with Gasteiger partial charge in [-0.1, -0.05) is 24.3 Å². The average Bonchev–Trinajstić information content (AvgIpc) is 3.29. The van der Waals surface area contributed by atoms with Crippen molar-refractivity contribution in [1.29, 1.82) is 0 Å². The van der Waals surface area contributed by atoms with Crippen molar-refractivity contribution in [3.63, 3.8) is 0 Å². The van der Waals surface area contributed by atoms with E-state index in [9.17, 15) is 8.42 Å². The Labute approximate surface area is 161 Å². The van der Waals surface area contributed by atoms with Crippen LogP contribution in [0.15, 0.2) is 47.4 Å². The number of nitrogens with one attached hydrogen (secondary N) is 1. The molecule has 2 aromatic rings. The molecule has 3 atom stereocenters. The summed E-state index contributed by atoms with van der Waals surface area (Å²) in [6, 6.07) is 14.8. The minimum atomic E-state index is -3.13. The van der Waals surface area contributed by atoms with Gasteiger partial charge in [0.1, 0.15) is 5.75 Å². The van der Waals surface area contributed by atoms with Gasteiger partial charge < -0.3 is 10.1 Å². The van der Waals surface area contributed by atoms with Crippen LogP contribution in [0, 0.1) is 0 Å². The lowest BCUT2D eigenvalue weighted by molar-refractivity contribution is 0.356. The van der Waals surface area contributed by atoms with E-state index < -0.39 is 9.84 Å². The number of benzene rings is 2. The summed E-state index contributed by atoms with van der Waals surface area (Å²) < 4.78 is 28.9. The highest BCUT2D eigenvalue weighted by molar-refractivity contribution is 7.90. The quantitative estimate of drug-likeness (QED) is 0.845. The van der Waals surface area contributed by atoms with Gasteiger partial charge in [0.05, 0.1) is 11.5 Å². The van der Waals surface area contributed by atoms with Crippen LogP contribution in [0.1, 0.15) is 54.8 Å². The highest BCUT2D eigenvalue weighted by atomic mass is 32.2. The number of hydrogen-bond acceptors (Lipinski definition) is 4. The van der Waals surface area contributed by atoms with E-state index in [0.29, 0.717) is 22.9 Å². The van der Waals surface area contributed by atoms with E-state index in [2.05, 4.69) is 30.4 Å². The van der Waals surface area contributed by atoms with E-state index in [0.717, 1.165) is 38.0 Å². The zero-order valence-corrected chi connectivity index (χ0v) is 16.8. The van der Waals surface area contributed by atoms with Gasteiger partial charge in [-0.25, -0.2) is 8.42 Å². The molecule has 0 radical (unpaired) electrons. The third-order valence-electron chi connectivity index (χ3n) is 5.91. The maximum Gasteiger partial charge on any atom is 0.175 e. The van der Waals surface area contributed by atoms with Crippen molar-refractivity contribution in [2.75, 3.05) is 12.9 Å². The van der Waals surface area contributed by atoms with Crippen LogP contribution in [-0.4, -0.2) is 27.3 Å². The summed E-state index contributed by atoms with van der Waals surface area (Å²) in [6.07, 6.45) is 5.64. The first kappa shape index (κ1) is 18.5. The molecule has 2 aliphatic rings. The molecule has 1 aliphatic heterocycles. The number of fused-ring (bicyclic) bond motifs is 1. The Morgan fingerprint density at radius 1 is 1.11 bits per heavy atom. The highest BCUT2D eigenvalue weighted by Gasteiger charge is 2.27. The fourth-order valence-electron chi connectivity index (χ4n) is 4.35. The van der Waals surface area contributed by atoms with Gasteiger partial charge in [-0.3, -0.25) is 0 Å². The molecule has 1 saturated carbocycles. The van der Waals surface area contributed by atoms with Gasteiger partial charge >= 0.3 is 0 Å². The van der Waals surface area contributed by atoms with Gasteiger partial charge in [-0.2, -0.15) is 0 Å². The molecule has 1 N–H and O–H groups in total. The van der Waals surface area contributed by atoms with E-state index in [4.69, 9.17) is 4.74 Å². The summed E-state index contributed by atoms with van der Waals surface area (Å²) in [4.78, 5) is 0.396. The van der Waals surface area contributed by atoms with Crippen LogP contribution < -0.4 is 10.1 Å². The van der Waals surface area contributed by atoms with Crippen LogP contribution in [0.25, 0.3) is 0 Å². The fourth-order valence-corrected chi connectivity index (χ4v) is 4.98. The smallest absolute Gasteiger partial charge is 0.175 e. The predicted octanol–water partition coefficient (Wildman–Crippen LogP) is 4.01. The van der Waals surface area contributed by atoms with Crippen LogP contribution in [0.4, 0.5) is 0 Å². The van der Waals surface area contributed by atoms with Crippen LogP contribution in [0.5, 0.6) is 5.75 Å².